The van der Waals surface area contributed by atoms with Crippen molar-refractivity contribution in [1.82, 2.24) is 14.1 Å². The molecule has 0 N–H and O–H groups in total. The zero-order valence-corrected chi connectivity index (χ0v) is 13.6. The molecule has 2 fully saturated rings. The highest BCUT2D eigenvalue weighted by Gasteiger charge is 2.35. The van der Waals surface area contributed by atoms with Crippen LogP contribution in [-0.4, -0.2) is 61.4 Å². The van der Waals surface area contributed by atoms with Crippen LogP contribution >= 0.6 is 0 Å². The SMILES string of the molecule is O=C(N1CCCCC1)N1CCN(S(=O)(=O)c2ccc(F)cc2)C1. The molecule has 126 valence electrons. The Morgan fingerprint density at radius 3 is 2.22 bits per heavy atom. The second-order valence-corrected chi connectivity index (χ2v) is 7.81. The Morgan fingerprint density at radius 2 is 1.57 bits per heavy atom. The largest absolute Gasteiger partial charge is 0.325 e. The van der Waals surface area contributed by atoms with E-state index < -0.39 is 15.8 Å². The number of urea groups is 1. The quantitative estimate of drug-likeness (QED) is 0.822. The minimum absolute atomic E-state index is 0.0474. The van der Waals surface area contributed by atoms with Crippen LogP contribution in [0.1, 0.15) is 19.3 Å². The monoisotopic (exact) mass is 341 g/mol. The van der Waals surface area contributed by atoms with Crippen molar-refractivity contribution < 1.29 is 17.6 Å². The van der Waals surface area contributed by atoms with Crippen LogP contribution < -0.4 is 0 Å². The number of rotatable bonds is 2. The molecule has 0 unspecified atom stereocenters. The summed E-state index contributed by atoms with van der Waals surface area (Å²) in [5.41, 5.74) is 0. The molecule has 8 heteroatoms. The predicted octanol–water partition coefficient (Wildman–Crippen LogP) is 1.70. The standard InChI is InChI=1S/C15H20FN3O3S/c16-13-4-6-14(7-5-13)23(21,22)19-11-10-18(12-19)15(20)17-8-2-1-3-9-17/h4-7H,1-3,8-12H2. The van der Waals surface area contributed by atoms with Crippen molar-refractivity contribution in [3.8, 4) is 0 Å². The van der Waals surface area contributed by atoms with Crippen LogP contribution in [0.2, 0.25) is 0 Å². The second kappa shape index (κ2) is 6.45. The molecule has 2 heterocycles. The third-order valence-corrected chi connectivity index (χ3v) is 6.14. The van der Waals surface area contributed by atoms with Gasteiger partial charge in [-0.1, -0.05) is 0 Å². The Labute approximate surface area is 135 Å². The molecule has 23 heavy (non-hydrogen) atoms. The number of piperidine rings is 1. The van der Waals surface area contributed by atoms with Crippen LogP contribution in [-0.2, 0) is 10.0 Å². The number of halogens is 1. The highest BCUT2D eigenvalue weighted by molar-refractivity contribution is 7.89. The van der Waals surface area contributed by atoms with E-state index in [4.69, 9.17) is 0 Å². The first kappa shape index (κ1) is 16.2. The van der Waals surface area contributed by atoms with Crippen molar-refractivity contribution >= 4 is 16.1 Å². The van der Waals surface area contributed by atoms with Crippen LogP contribution in [0, 0.1) is 5.82 Å². The number of nitrogens with zero attached hydrogens (tertiary/aromatic N) is 3. The van der Waals surface area contributed by atoms with Crippen molar-refractivity contribution in [3.63, 3.8) is 0 Å². The number of sulfonamides is 1. The van der Waals surface area contributed by atoms with Crippen LogP contribution in [0.4, 0.5) is 9.18 Å². The Balaban J connectivity index is 1.69. The van der Waals surface area contributed by atoms with Crippen molar-refractivity contribution in [2.45, 2.75) is 24.2 Å². The Hall–Kier alpha value is -1.67. The van der Waals surface area contributed by atoms with Gasteiger partial charge in [0.15, 0.2) is 0 Å². The fourth-order valence-electron chi connectivity index (χ4n) is 2.96. The molecule has 1 aromatic carbocycles. The molecule has 1 aromatic rings. The van der Waals surface area contributed by atoms with Gasteiger partial charge in [-0.05, 0) is 43.5 Å². The highest BCUT2D eigenvalue weighted by atomic mass is 32.2. The lowest BCUT2D eigenvalue weighted by Crippen LogP contribution is -2.45. The summed E-state index contributed by atoms with van der Waals surface area (Å²) in [7, 11) is -3.70. The van der Waals surface area contributed by atoms with Crippen molar-refractivity contribution in [3.05, 3.63) is 30.1 Å². The normalized spacial score (nSPS) is 20.0. The summed E-state index contributed by atoms with van der Waals surface area (Å²) in [6.45, 7) is 2.17. The first-order valence-corrected chi connectivity index (χ1v) is 9.22. The van der Waals surface area contributed by atoms with Gasteiger partial charge in [0, 0.05) is 26.2 Å². The van der Waals surface area contributed by atoms with Crippen LogP contribution in [0.15, 0.2) is 29.2 Å². The molecule has 0 aromatic heterocycles. The van der Waals surface area contributed by atoms with E-state index in [0.717, 1.165) is 44.5 Å². The summed E-state index contributed by atoms with van der Waals surface area (Å²) in [6.07, 6.45) is 3.13. The third kappa shape index (κ3) is 3.32. The molecule has 6 nitrogen and oxygen atoms in total. The number of benzene rings is 1. The van der Waals surface area contributed by atoms with E-state index in [9.17, 15) is 17.6 Å². The van der Waals surface area contributed by atoms with E-state index in [0.29, 0.717) is 6.54 Å². The lowest BCUT2D eigenvalue weighted by atomic mass is 10.1. The van der Waals surface area contributed by atoms with Gasteiger partial charge in [-0.2, -0.15) is 4.31 Å². The van der Waals surface area contributed by atoms with Crippen molar-refractivity contribution in [2.75, 3.05) is 32.8 Å². The van der Waals surface area contributed by atoms with Gasteiger partial charge in [0.1, 0.15) is 5.82 Å². The molecule has 2 amide bonds. The second-order valence-electron chi connectivity index (χ2n) is 5.87. The molecule has 0 atom stereocenters. The molecule has 0 bridgehead atoms. The molecule has 0 saturated carbocycles. The van der Waals surface area contributed by atoms with E-state index in [2.05, 4.69) is 0 Å². The van der Waals surface area contributed by atoms with Crippen LogP contribution in [0.3, 0.4) is 0 Å². The number of hydrogen-bond acceptors (Lipinski definition) is 3. The number of carbonyl (C=O) groups excluding carboxylic acids is 1. The van der Waals surface area contributed by atoms with E-state index in [1.54, 1.807) is 9.80 Å². The van der Waals surface area contributed by atoms with Crippen molar-refractivity contribution in [2.24, 2.45) is 0 Å². The summed E-state index contributed by atoms with van der Waals surface area (Å²) < 4.78 is 39.3. The first-order valence-electron chi connectivity index (χ1n) is 7.78. The van der Waals surface area contributed by atoms with Gasteiger partial charge in [-0.25, -0.2) is 17.6 Å². The van der Waals surface area contributed by atoms with E-state index in [1.165, 1.54) is 16.4 Å². The summed E-state index contributed by atoms with van der Waals surface area (Å²) >= 11 is 0. The summed E-state index contributed by atoms with van der Waals surface area (Å²) in [5, 5.41) is 0. The summed E-state index contributed by atoms with van der Waals surface area (Å²) in [5.74, 6) is -0.479. The lowest BCUT2D eigenvalue weighted by molar-refractivity contribution is 0.149. The predicted molar refractivity (Wildman–Crippen MR) is 82.7 cm³/mol. The lowest BCUT2D eigenvalue weighted by Gasteiger charge is -2.30. The van der Waals surface area contributed by atoms with Gasteiger partial charge in [0.2, 0.25) is 10.0 Å². The van der Waals surface area contributed by atoms with Gasteiger partial charge in [0.05, 0.1) is 11.6 Å². The fourth-order valence-corrected chi connectivity index (χ4v) is 4.35. The number of carbonyl (C=O) groups is 1. The van der Waals surface area contributed by atoms with Gasteiger partial charge < -0.3 is 9.80 Å². The molecule has 2 aliphatic heterocycles. The van der Waals surface area contributed by atoms with E-state index in [1.807, 2.05) is 0 Å². The maximum absolute atomic E-state index is 13.0. The zero-order valence-electron chi connectivity index (χ0n) is 12.8. The summed E-state index contributed by atoms with van der Waals surface area (Å²) in [4.78, 5) is 15.8. The minimum atomic E-state index is -3.70. The zero-order chi connectivity index (χ0) is 16.4. The van der Waals surface area contributed by atoms with Crippen LogP contribution in [0.25, 0.3) is 0 Å². The van der Waals surface area contributed by atoms with Crippen LogP contribution in [0.5, 0.6) is 0 Å². The molecule has 0 aliphatic carbocycles. The van der Waals surface area contributed by atoms with Gasteiger partial charge in [-0.3, -0.25) is 0 Å². The van der Waals surface area contributed by atoms with Gasteiger partial charge in [0.25, 0.3) is 0 Å². The maximum atomic E-state index is 13.0. The fraction of sp³-hybridized carbons (Fsp3) is 0.533. The Morgan fingerprint density at radius 1 is 0.913 bits per heavy atom. The molecule has 2 saturated heterocycles. The van der Waals surface area contributed by atoms with Crippen molar-refractivity contribution in [1.29, 1.82) is 0 Å². The first-order chi connectivity index (χ1) is 11.0. The average molecular weight is 341 g/mol. The number of hydrogen-bond donors (Lipinski definition) is 0. The van der Waals surface area contributed by atoms with E-state index in [-0.39, 0.29) is 24.1 Å². The smallest absolute Gasteiger partial charge is 0.321 e. The molecule has 3 rings (SSSR count). The molecular weight excluding hydrogens is 321 g/mol. The molecule has 0 radical (unpaired) electrons. The van der Waals surface area contributed by atoms with E-state index >= 15 is 0 Å². The maximum Gasteiger partial charge on any atom is 0.321 e. The number of likely N-dealkylation sites (tertiary alicyclic amines) is 1. The minimum Gasteiger partial charge on any atom is -0.325 e. The molecule has 0 spiro atoms. The molecule has 2 aliphatic rings. The third-order valence-electron chi connectivity index (χ3n) is 4.30. The number of amides is 2. The molecular formula is C15H20FN3O3S. The topological polar surface area (TPSA) is 60.9 Å². The average Bonchev–Trinajstić information content (AvgIpc) is 3.06. The highest BCUT2D eigenvalue weighted by Crippen LogP contribution is 2.21. The van der Waals surface area contributed by atoms with Gasteiger partial charge in [-0.15, -0.1) is 0 Å². The van der Waals surface area contributed by atoms with Gasteiger partial charge >= 0.3 is 6.03 Å². The Kier molecular flexibility index (Phi) is 4.54. The summed E-state index contributed by atoms with van der Waals surface area (Å²) in [6, 6.07) is 4.65. The Bertz CT molecular complexity index is 672.